The van der Waals surface area contributed by atoms with Crippen LogP contribution in [0.1, 0.15) is 12.2 Å². The topological polar surface area (TPSA) is 111 Å². The number of aliphatic carboxylic acids is 1. The lowest BCUT2D eigenvalue weighted by atomic mass is 9.99. The molecule has 0 unspecified atom stereocenters. The molecule has 2 aromatic rings. The highest BCUT2D eigenvalue weighted by Gasteiger charge is 2.26. The number of carboxylic acids is 1. The minimum atomic E-state index is -1.05. The van der Waals surface area contributed by atoms with Gasteiger partial charge in [-0.1, -0.05) is 0 Å². The fourth-order valence-electron chi connectivity index (χ4n) is 3.03. The summed E-state index contributed by atoms with van der Waals surface area (Å²) < 4.78 is 25.0. The number of carboxylic acid groups (broad SMARTS) is 1. The Labute approximate surface area is 149 Å². The predicted molar refractivity (Wildman–Crippen MR) is 93.7 cm³/mol. The zero-order valence-electron chi connectivity index (χ0n) is 14.7. The first-order valence-corrected chi connectivity index (χ1v) is 7.89. The number of hydrogen-bond acceptors (Lipinski definition) is 7. The standard InChI is InChI=1S/C17H19FN4O4/c1-22-5-4-8(10(7-22)17(23)24)16-20-13-9(15(19)21-16)6-11(25-2)14(26-3)12(13)18/h6H,4-5,7H2,1-3H3,(H,23,24)(H2,19,20,21). The van der Waals surface area contributed by atoms with Crippen LogP contribution in [0.3, 0.4) is 0 Å². The van der Waals surface area contributed by atoms with Gasteiger partial charge in [0.25, 0.3) is 0 Å². The summed E-state index contributed by atoms with van der Waals surface area (Å²) in [6.45, 7) is 0.891. The molecule has 0 fully saturated rings. The second-order valence-electron chi connectivity index (χ2n) is 6.00. The summed E-state index contributed by atoms with van der Waals surface area (Å²) in [7, 11) is 4.53. The molecule has 26 heavy (non-hydrogen) atoms. The number of ether oxygens (including phenoxy) is 2. The quantitative estimate of drug-likeness (QED) is 0.843. The summed E-state index contributed by atoms with van der Waals surface area (Å²) in [6, 6.07) is 1.50. The average molecular weight is 362 g/mol. The molecule has 2 heterocycles. The van der Waals surface area contributed by atoms with Crippen LogP contribution in [0.2, 0.25) is 0 Å². The summed E-state index contributed by atoms with van der Waals surface area (Å²) in [5.41, 5.74) is 6.60. The molecule has 3 rings (SSSR count). The second kappa shape index (κ2) is 6.75. The molecule has 1 aliphatic heterocycles. The normalized spacial score (nSPS) is 15.4. The van der Waals surface area contributed by atoms with Crippen LogP contribution in [-0.2, 0) is 4.79 Å². The first-order chi connectivity index (χ1) is 12.4. The minimum absolute atomic E-state index is 0.0404. The molecule has 0 saturated heterocycles. The molecular weight excluding hydrogens is 343 g/mol. The molecule has 138 valence electrons. The molecule has 1 aromatic heterocycles. The van der Waals surface area contributed by atoms with E-state index in [1.807, 2.05) is 11.9 Å². The lowest BCUT2D eigenvalue weighted by Crippen LogP contribution is -2.31. The maximum Gasteiger partial charge on any atom is 0.333 e. The van der Waals surface area contributed by atoms with E-state index < -0.39 is 11.8 Å². The fourth-order valence-corrected chi connectivity index (χ4v) is 3.03. The number of likely N-dealkylation sites (N-methyl/N-ethyl adjacent to an activating group) is 1. The van der Waals surface area contributed by atoms with Crippen molar-refractivity contribution in [2.24, 2.45) is 0 Å². The van der Waals surface area contributed by atoms with Gasteiger partial charge in [0.1, 0.15) is 11.3 Å². The number of benzene rings is 1. The van der Waals surface area contributed by atoms with Gasteiger partial charge >= 0.3 is 5.97 Å². The maximum atomic E-state index is 14.9. The Morgan fingerprint density at radius 3 is 2.69 bits per heavy atom. The highest BCUT2D eigenvalue weighted by molar-refractivity contribution is 5.98. The van der Waals surface area contributed by atoms with Gasteiger partial charge < -0.3 is 25.2 Å². The number of nitrogen functional groups attached to an aromatic ring is 1. The number of hydrogen-bond donors (Lipinski definition) is 2. The molecule has 0 bridgehead atoms. The molecule has 1 aliphatic rings. The molecule has 0 aliphatic carbocycles. The lowest BCUT2D eigenvalue weighted by molar-refractivity contribution is -0.132. The molecule has 0 radical (unpaired) electrons. The Morgan fingerprint density at radius 2 is 2.08 bits per heavy atom. The Bertz CT molecular complexity index is 929. The number of nitrogens with two attached hydrogens (primary N) is 1. The van der Waals surface area contributed by atoms with Crippen molar-refractivity contribution in [2.45, 2.75) is 6.42 Å². The van der Waals surface area contributed by atoms with Crippen molar-refractivity contribution in [2.75, 3.05) is 40.1 Å². The Hall–Kier alpha value is -2.94. The predicted octanol–water partition coefficient (Wildman–Crippen LogP) is 1.54. The van der Waals surface area contributed by atoms with Crippen molar-refractivity contribution in [3.63, 3.8) is 0 Å². The number of rotatable bonds is 4. The van der Waals surface area contributed by atoms with E-state index in [-0.39, 0.29) is 46.2 Å². The van der Waals surface area contributed by atoms with E-state index in [1.165, 1.54) is 20.3 Å². The van der Waals surface area contributed by atoms with Crippen LogP contribution < -0.4 is 15.2 Å². The fraction of sp³-hybridized carbons (Fsp3) is 0.353. The number of anilines is 1. The highest BCUT2D eigenvalue weighted by Crippen LogP contribution is 2.38. The molecule has 9 heteroatoms. The lowest BCUT2D eigenvalue weighted by Gasteiger charge is -2.25. The average Bonchev–Trinajstić information content (AvgIpc) is 2.61. The number of aromatic nitrogens is 2. The SMILES string of the molecule is COc1cc2c(N)nc(C3=C(C(=O)O)CN(C)CC3)nc2c(F)c1OC. The molecule has 0 saturated carbocycles. The highest BCUT2D eigenvalue weighted by atomic mass is 19.1. The Morgan fingerprint density at radius 1 is 1.35 bits per heavy atom. The first-order valence-electron chi connectivity index (χ1n) is 7.89. The van der Waals surface area contributed by atoms with Gasteiger partial charge in [-0.05, 0) is 19.5 Å². The number of nitrogens with zero attached hydrogens (tertiary/aromatic N) is 3. The Kier molecular flexibility index (Phi) is 4.64. The first kappa shape index (κ1) is 17.9. The molecule has 0 atom stereocenters. The third kappa shape index (κ3) is 2.90. The van der Waals surface area contributed by atoms with Crippen molar-refractivity contribution < 1.29 is 23.8 Å². The molecule has 8 nitrogen and oxygen atoms in total. The van der Waals surface area contributed by atoms with Gasteiger partial charge in [0.05, 0.1) is 19.8 Å². The molecular formula is C17H19FN4O4. The summed E-state index contributed by atoms with van der Waals surface area (Å²) in [4.78, 5) is 22.0. The van der Waals surface area contributed by atoms with E-state index in [2.05, 4.69) is 9.97 Å². The van der Waals surface area contributed by atoms with Gasteiger partial charge in [0, 0.05) is 24.0 Å². The monoisotopic (exact) mass is 362 g/mol. The number of methoxy groups -OCH3 is 2. The van der Waals surface area contributed by atoms with E-state index in [4.69, 9.17) is 15.2 Å². The van der Waals surface area contributed by atoms with E-state index in [0.29, 0.717) is 18.5 Å². The minimum Gasteiger partial charge on any atom is -0.493 e. The number of fused-ring (bicyclic) bond motifs is 1. The number of carbonyl (C=O) groups is 1. The van der Waals surface area contributed by atoms with Gasteiger partial charge in [0.2, 0.25) is 0 Å². The van der Waals surface area contributed by atoms with Crippen molar-refractivity contribution in [3.8, 4) is 11.5 Å². The van der Waals surface area contributed by atoms with Crippen molar-refractivity contribution in [3.05, 3.63) is 23.3 Å². The molecule has 0 spiro atoms. The van der Waals surface area contributed by atoms with Crippen molar-refractivity contribution in [1.82, 2.24) is 14.9 Å². The van der Waals surface area contributed by atoms with E-state index >= 15 is 0 Å². The molecule has 1 aromatic carbocycles. The van der Waals surface area contributed by atoms with Gasteiger partial charge in [-0.3, -0.25) is 0 Å². The van der Waals surface area contributed by atoms with Gasteiger partial charge in [-0.2, -0.15) is 0 Å². The van der Waals surface area contributed by atoms with Crippen LogP contribution in [0.25, 0.3) is 16.5 Å². The van der Waals surface area contributed by atoms with E-state index in [9.17, 15) is 14.3 Å². The van der Waals surface area contributed by atoms with Crippen LogP contribution in [0.15, 0.2) is 11.6 Å². The van der Waals surface area contributed by atoms with Crippen LogP contribution in [0, 0.1) is 5.82 Å². The van der Waals surface area contributed by atoms with Crippen LogP contribution in [0.5, 0.6) is 11.5 Å². The van der Waals surface area contributed by atoms with Crippen molar-refractivity contribution in [1.29, 1.82) is 0 Å². The third-order valence-electron chi connectivity index (χ3n) is 4.37. The summed E-state index contributed by atoms with van der Waals surface area (Å²) in [5, 5.41) is 9.77. The second-order valence-corrected chi connectivity index (χ2v) is 6.00. The van der Waals surface area contributed by atoms with Crippen molar-refractivity contribution >= 4 is 28.3 Å². The molecule has 0 amide bonds. The zero-order valence-corrected chi connectivity index (χ0v) is 14.7. The summed E-state index contributed by atoms with van der Waals surface area (Å²) in [5.74, 6) is -1.55. The third-order valence-corrected chi connectivity index (χ3v) is 4.37. The van der Waals surface area contributed by atoms with Gasteiger partial charge in [-0.25, -0.2) is 19.2 Å². The van der Waals surface area contributed by atoms with Gasteiger partial charge in [-0.15, -0.1) is 0 Å². The summed E-state index contributed by atoms with van der Waals surface area (Å²) >= 11 is 0. The van der Waals surface area contributed by atoms with Crippen LogP contribution in [0.4, 0.5) is 10.2 Å². The largest absolute Gasteiger partial charge is 0.493 e. The zero-order chi connectivity index (χ0) is 19.0. The van der Waals surface area contributed by atoms with Crippen LogP contribution >= 0.6 is 0 Å². The molecule has 3 N–H and O–H groups in total. The van der Waals surface area contributed by atoms with E-state index in [1.54, 1.807) is 0 Å². The van der Waals surface area contributed by atoms with E-state index in [0.717, 1.165) is 0 Å². The van der Waals surface area contributed by atoms with Crippen LogP contribution in [-0.4, -0.2) is 60.3 Å². The smallest absolute Gasteiger partial charge is 0.333 e. The summed E-state index contributed by atoms with van der Waals surface area (Å²) in [6.07, 6.45) is 0.429. The van der Waals surface area contributed by atoms with Gasteiger partial charge in [0.15, 0.2) is 23.1 Å². The maximum absolute atomic E-state index is 14.9. The Balaban J connectivity index is 2.27. The number of halogens is 1.